The van der Waals surface area contributed by atoms with E-state index in [9.17, 15) is 0 Å². The number of thiazole rings is 1. The van der Waals surface area contributed by atoms with Crippen molar-refractivity contribution in [3.63, 3.8) is 0 Å². The van der Waals surface area contributed by atoms with Gasteiger partial charge in [-0.1, -0.05) is 36.4 Å². The fraction of sp³-hybridized carbons (Fsp3) is 0.308. The first-order valence-electron chi connectivity index (χ1n) is 11.2. The SMILES string of the molecule is [C-]#[N+]c1ccc2[nH]cc(CCCN3CCN(c4nc(-c5ccccc5)c(C)s4)CC3)c2c1. The summed E-state index contributed by atoms with van der Waals surface area (Å²) in [4.78, 5) is 18.2. The predicted molar refractivity (Wildman–Crippen MR) is 134 cm³/mol. The van der Waals surface area contributed by atoms with E-state index in [1.807, 2.05) is 29.5 Å². The summed E-state index contributed by atoms with van der Waals surface area (Å²) in [6, 6.07) is 16.4. The maximum absolute atomic E-state index is 7.25. The molecular formula is C26H27N5S. The van der Waals surface area contributed by atoms with Crippen LogP contribution in [0, 0.1) is 13.5 Å². The van der Waals surface area contributed by atoms with Gasteiger partial charge in [0, 0.05) is 48.3 Å². The molecule has 0 spiro atoms. The zero-order valence-corrected chi connectivity index (χ0v) is 19.2. The minimum atomic E-state index is 0.710. The van der Waals surface area contributed by atoms with Crippen LogP contribution < -0.4 is 4.90 Å². The molecule has 0 aliphatic carbocycles. The van der Waals surface area contributed by atoms with Gasteiger partial charge in [-0.05, 0) is 49.4 Å². The summed E-state index contributed by atoms with van der Waals surface area (Å²) >= 11 is 1.81. The van der Waals surface area contributed by atoms with Crippen LogP contribution in [0.15, 0.2) is 54.7 Å². The molecule has 0 radical (unpaired) electrons. The Morgan fingerprint density at radius 2 is 1.91 bits per heavy atom. The Morgan fingerprint density at radius 3 is 2.69 bits per heavy atom. The highest BCUT2D eigenvalue weighted by atomic mass is 32.1. The number of H-pyrrole nitrogens is 1. The summed E-state index contributed by atoms with van der Waals surface area (Å²) in [6.45, 7) is 14.7. The molecule has 3 heterocycles. The number of aryl methyl sites for hydroxylation is 2. The second-order valence-corrected chi connectivity index (χ2v) is 9.54. The number of fused-ring (bicyclic) bond motifs is 1. The van der Waals surface area contributed by atoms with Crippen molar-refractivity contribution in [3.8, 4) is 11.3 Å². The van der Waals surface area contributed by atoms with Crippen LogP contribution in [0.4, 0.5) is 10.8 Å². The molecule has 2 aromatic heterocycles. The zero-order chi connectivity index (χ0) is 21.9. The van der Waals surface area contributed by atoms with E-state index in [4.69, 9.17) is 11.6 Å². The smallest absolute Gasteiger partial charge is 0.187 e. The number of aromatic nitrogens is 2. The van der Waals surface area contributed by atoms with Gasteiger partial charge in [-0.15, -0.1) is 11.3 Å². The third kappa shape index (κ3) is 4.27. The molecule has 1 aliphatic rings. The van der Waals surface area contributed by atoms with Crippen molar-refractivity contribution in [1.29, 1.82) is 0 Å². The molecule has 32 heavy (non-hydrogen) atoms. The molecule has 1 N–H and O–H groups in total. The number of rotatable bonds is 6. The van der Waals surface area contributed by atoms with E-state index in [1.165, 1.54) is 21.4 Å². The summed E-state index contributed by atoms with van der Waals surface area (Å²) < 4.78 is 0. The van der Waals surface area contributed by atoms with Crippen molar-refractivity contribution < 1.29 is 0 Å². The van der Waals surface area contributed by atoms with E-state index < -0.39 is 0 Å². The molecular weight excluding hydrogens is 414 g/mol. The van der Waals surface area contributed by atoms with Gasteiger partial charge in [0.2, 0.25) is 0 Å². The van der Waals surface area contributed by atoms with Crippen molar-refractivity contribution in [3.05, 3.63) is 76.6 Å². The molecule has 0 unspecified atom stereocenters. The van der Waals surface area contributed by atoms with Gasteiger partial charge >= 0.3 is 0 Å². The van der Waals surface area contributed by atoms with Crippen LogP contribution in [0.3, 0.4) is 0 Å². The molecule has 0 atom stereocenters. The minimum Gasteiger partial charge on any atom is -0.361 e. The molecule has 162 valence electrons. The molecule has 0 bridgehead atoms. The first-order valence-corrected chi connectivity index (χ1v) is 12.0. The van der Waals surface area contributed by atoms with Crippen molar-refractivity contribution >= 4 is 33.1 Å². The van der Waals surface area contributed by atoms with Crippen molar-refractivity contribution in [2.75, 3.05) is 37.6 Å². The van der Waals surface area contributed by atoms with E-state index in [-0.39, 0.29) is 0 Å². The Morgan fingerprint density at radius 1 is 1.09 bits per heavy atom. The molecule has 0 amide bonds. The summed E-state index contributed by atoms with van der Waals surface area (Å²) in [6.07, 6.45) is 4.27. The highest BCUT2D eigenvalue weighted by Gasteiger charge is 2.21. The lowest BCUT2D eigenvalue weighted by Gasteiger charge is -2.34. The number of aromatic amines is 1. The highest BCUT2D eigenvalue weighted by molar-refractivity contribution is 7.16. The fourth-order valence-corrected chi connectivity index (χ4v) is 5.46. The van der Waals surface area contributed by atoms with Gasteiger partial charge in [0.05, 0.1) is 12.3 Å². The Hall–Kier alpha value is -3.14. The maximum Gasteiger partial charge on any atom is 0.187 e. The second kappa shape index (κ2) is 9.15. The summed E-state index contributed by atoms with van der Waals surface area (Å²) in [5.41, 5.74) is 5.47. The molecule has 1 aliphatic heterocycles. The van der Waals surface area contributed by atoms with Crippen LogP contribution in [-0.2, 0) is 6.42 Å². The number of hydrogen-bond acceptors (Lipinski definition) is 4. The minimum absolute atomic E-state index is 0.710. The van der Waals surface area contributed by atoms with Crippen LogP contribution in [0.1, 0.15) is 16.9 Å². The first-order chi connectivity index (χ1) is 15.7. The van der Waals surface area contributed by atoms with Gasteiger partial charge in [0.15, 0.2) is 10.8 Å². The fourth-order valence-electron chi connectivity index (χ4n) is 4.48. The van der Waals surface area contributed by atoms with Gasteiger partial charge in [0.1, 0.15) is 0 Å². The summed E-state index contributed by atoms with van der Waals surface area (Å²) in [5, 5.41) is 2.34. The van der Waals surface area contributed by atoms with E-state index in [0.29, 0.717) is 5.69 Å². The molecule has 5 nitrogen and oxygen atoms in total. The van der Waals surface area contributed by atoms with Crippen molar-refractivity contribution in [1.82, 2.24) is 14.9 Å². The summed E-state index contributed by atoms with van der Waals surface area (Å²) in [7, 11) is 0. The van der Waals surface area contributed by atoms with Gasteiger partial charge in [-0.3, -0.25) is 4.90 Å². The van der Waals surface area contributed by atoms with Crippen molar-refractivity contribution in [2.45, 2.75) is 19.8 Å². The average molecular weight is 442 g/mol. The van der Waals surface area contributed by atoms with Crippen LogP contribution in [0.25, 0.3) is 27.0 Å². The first kappa shape index (κ1) is 20.7. The van der Waals surface area contributed by atoms with E-state index >= 15 is 0 Å². The normalized spacial score (nSPS) is 14.7. The third-order valence-electron chi connectivity index (χ3n) is 6.28. The Labute approximate surface area is 193 Å². The van der Waals surface area contributed by atoms with E-state index in [0.717, 1.165) is 61.9 Å². The lowest BCUT2D eigenvalue weighted by molar-refractivity contribution is 0.255. The topological polar surface area (TPSA) is 39.5 Å². The standard InChI is InChI=1S/C26H27N5S/c1-19-25(20-7-4-3-5-8-20)29-26(32-19)31-15-13-30(14-16-31)12-6-9-21-18-28-24-11-10-22(27-2)17-23(21)24/h3-5,7-8,10-11,17-18,28H,6,9,12-16H2,1H3. The number of nitrogens with zero attached hydrogens (tertiary/aromatic N) is 4. The number of hydrogen-bond donors (Lipinski definition) is 1. The van der Waals surface area contributed by atoms with E-state index in [2.05, 4.69) is 63.1 Å². The third-order valence-corrected chi connectivity index (χ3v) is 7.31. The van der Waals surface area contributed by atoms with Crippen LogP contribution in [0.2, 0.25) is 0 Å². The van der Waals surface area contributed by atoms with Crippen molar-refractivity contribution in [2.24, 2.45) is 0 Å². The molecule has 2 aromatic carbocycles. The zero-order valence-electron chi connectivity index (χ0n) is 18.3. The maximum atomic E-state index is 7.25. The molecule has 1 saturated heterocycles. The van der Waals surface area contributed by atoms with Crippen LogP contribution in [-0.4, -0.2) is 47.6 Å². The van der Waals surface area contributed by atoms with Gasteiger partial charge in [-0.25, -0.2) is 9.83 Å². The Kier molecular flexibility index (Phi) is 5.93. The van der Waals surface area contributed by atoms with Gasteiger partial charge < -0.3 is 9.88 Å². The lowest BCUT2D eigenvalue weighted by atomic mass is 10.1. The quantitative estimate of drug-likeness (QED) is 0.378. The predicted octanol–water partition coefficient (Wildman–Crippen LogP) is 5.91. The Bertz CT molecular complexity index is 1240. The Balaban J connectivity index is 1.15. The van der Waals surface area contributed by atoms with Gasteiger partial charge in [-0.2, -0.15) is 0 Å². The van der Waals surface area contributed by atoms with Crippen LogP contribution in [0.5, 0.6) is 0 Å². The molecule has 6 heteroatoms. The monoisotopic (exact) mass is 441 g/mol. The summed E-state index contributed by atoms with van der Waals surface area (Å²) in [5.74, 6) is 0. The largest absolute Gasteiger partial charge is 0.361 e. The highest BCUT2D eigenvalue weighted by Crippen LogP contribution is 2.33. The number of anilines is 1. The van der Waals surface area contributed by atoms with Crippen LogP contribution >= 0.6 is 11.3 Å². The average Bonchev–Trinajstić information content (AvgIpc) is 3.43. The lowest BCUT2D eigenvalue weighted by Crippen LogP contribution is -2.46. The number of piperazine rings is 1. The second-order valence-electron chi connectivity index (χ2n) is 8.36. The molecule has 5 rings (SSSR count). The van der Waals surface area contributed by atoms with Gasteiger partial charge in [0.25, 0.3) is 0 Å². The number of benzene rings is 2. The molecule has 1 fully saturated rings. The molecule has 0 saturated carbocycles. The number of nitrogens with one attached hydrogen (secondary N) is 1. The van der Waals surface area contributed by atoms with E-state index in [1.54, 1.807) is 0 Å². The molecule has 4 aromatic rings.